The summed E-state index contributed by atoms with van der Waals surface area (Å²) >= 11 is 0. The van der Waals surface area contributed by atoms with Crippen LogP contribution >= 0.6 is 0 Å². The summed E-state index contributed by atoms with van der Waals surface area (Å²) in [6, 6.07) is -0.629. The molecule has 0 aromatic carbocycles. The van der Waals surface area contributed by atoms with Gasteiger partial charge >= 0.3 is 5.97 Å². The van der Waals surface area contributed by atoms with Crippen molar-refractivity contribution in [3.8, 4) is 0 Å². The molecule has 82 heavy (non-hydrogen) atoms. The zero-order valence-corrected chi connectivity index (χ0v) is 55.2. The van der Waals surface area contributed by atoms with E-state index in [1.165, 1.54) is 321 Å². The van der Waals surface area contributed by atoms with Crippen molar-refractivity contribution in [2.45, 2.75) is 411 Å². The van der Waals surface area contributed by atoms with E-state index in [1.807, 2.05) is 6.08 Å². The van der Waals surface area contributed by atoms with Crippen LogP contribution in [0.1, 0.15) is 399 Å². The lowest BCUT2D eigenvalue weighted by atomic mass is 10.0. The van der Waals surface area contributed by atoms with Crippen molar-refractivity contribution in [2.24, 2.45) is 0 Å². The monoisotopic (exact) mass is 1150 g/mol. The van der Waals surface area contributed by atoms with Crippen molar-refractivity contribution >= 4 is 11.9 Å². The molecule has 0 spiro atoms. The number of hydrogen-bond donors (Lipinski definition) is 3. The Labute approximate surface area is 512 Å². The molecule has 482 valence electrons. The largest absolute Gasteiger partial charge is 0.466 e. The van der Waals surface area contributed by atoms with Crippen LogP contribution < -0.4 is 5.32 Å². The highest BCUT2D eigenvalue weighted by Crippen LogP contribution is 2.18. The molecule has 0 radical (unpaired) electrons. The van der Waals surface area contributed by atoms with E-state index in [-0.39, 0.29) is 18.5 Å². The van der Waals surface area contributed by atoms with Gasteiger partial charge in [0.05, 0.1) is 25.4 Å². The van der Waals surface area contributed by atoms with E-state index >= 15 is 0 Å². The maximum Gasteiger partial charge on any atom is 0.305 e. The molecule has 0 rings (SSSR count). The van der Waals surface area contributed by atoms with Crippen molar-refractivity contribution in [3.05, 3.63) is 48.6 Å². The fourth-order valence-corrected chi connectivity index (χ4v) is 11.4. The summed E-state index contributed by atoms with van der Waals surface area (Å²) in [5.74, 6) is -0.0588. The Hall–Kier alpha value is -2.18. The van der Waals surface area contributed by atoms with E-state index in [2.05, 4.69) is 55.6 Å². The number of carbonyl (C=O) groups is 2. The average molecular weight is 1150 g/mol. The standard InChI is InChI=1S/C76H143NO5/c1-3-5-7-9-11-13-15-17-19-21-37-40-44-48-52-56-60-64-68-74(79)73(72-78)77-75(80)69-65-61-57-53-49-45-41-38-35-33-31-29-27-25-23-22-24-26-28-30-32-34-36-39-43-47-51-55-59-63-67-71-82-76(81)70-66-62-58-54-50-46-42-20-18-16-14-12-10-8-6-4-2/h20,24,26,30,32,42,64,68,73-74,78-79H,3-19,21-23,25,27-29,31,33-41,43-63,65-67,69-72H2,1-2H3,(H,77,80)/b26-24-,32-30-,42-20-,68-64+. The van der Waals surface area contributed by atoms with Gasteiger partial charge in [0.25, 0.3) is 0 Å². The molecule has 0 aliphatic carbocycles. The van der Waals surface area contributed by atoms with Crippen molar-refractivity contribution in [1.29, 1.82) is 0 Å². The number of amides is 1. The first-order valence-electron chi connectivity index (χ1n) is 36.9. The summed E-state index contributed by atoms with van der Waals surface area (Å²) in [4.78, 5) is 24.6. The van der Waals surface area contributed by atoms with Gasteiger partial charge in [0.15, 0.2) is 0 Å². The van der Waals surface area contributed by atoms with Crippen molar-refractivity contribution in [1.82, 2.24) is 5.32 Å². The zero-order chi connectivity index (χ0) is 59.2. The molecule has 0 aromatic heterocycles. The lowest BCUT2D eigenvalue weighted by Crippen LogP contribution is -2.45. The molecule has 2 unspecified atom stereocenters. The molecule has 0 heterocycles. The first-order chi connectivity index (χ1) is 40.5. The van der Waals surface area contributed by atoms with Gasteiger partial charge in [-0.3, -0.25) is 9.59 Å². The quantitative estimate of drug-likeness (QED) is 0.0320. The highest BCUT2D eigenvalue weighted by atomic mass is 16.5. The number of carbonyl (C=O) groups excluding carboxylic acids is 2. The molecule has 0 fully saturated rings. The van der Waals surface area contributed by atoms with Gasteiger partial charge < -0.3 is 20.3 Å². The molecule has 2 atom stereocenters. The number of rotatable bonds is 69. The minimum absolute atomic E-state index is 0.00577. The summed E-state index contributed by atoms with van der Waals surface area (Å²) in [6.45, 7) is 4.93. The number of nitrogens with one attached hydrogen (secondary N) is 1. The summed E-state index contributed by atoms with van der Waals surface area (Å²) < 4.78 is 5.49. The molecule has 0 bridgehead atoms. The van der Waals surface area contributed by atoms with E-state index in [0.29, 0.717) is 19.4 Å². The Bertz CT molecular complexity index is 1370. The van der Waals surface area contributed by atoms with Crippen LogP contribution in [0.5, 0.6) is 0 Å². The Kier molecular flexibility index (Phi) is 69.4. The third-order valence-electron chi connectivity index (χ3n) is 17.1. The fraction of sp³-hybridized carbons (Fsp3) is 0.868. The average Bonchev–Trinajstić information content (AvgIpc) is 3.48. The maximum absolute atomic E-state index is 12.5. The van der Waals surface area contributed by atoms with E-state index in [9.17, 15) is 19.8 Å². The second-order valence-corrected chi connectivity index (χ2v) is 25.3. The van der Waals surface area contributed by atoms with E-state index in [1.54, 1.807) is 6.08 Å². The van der Waals surface area contributed by atoms with Gasteiger partial charge in [-0.25, -0.2) is 0 Å². The van der Waals surface area contributed by atoms with Crippen LogP contribution in [0.3, 0.4) is 0 Å². The topological polar surface area (TPSA) is 95.9 Å². The molecular weight excluding hydrogens is 1010 g/mol. The van der Waals surface area contributed by atoms with Gasteiger partial charge in [0.2, 0.25) is 5.91 Å². The number of aliphatic hydroxyl groups is 2. The SMILES string of the molecule is CCCCCCCCC/C=C\CCCCCCCC(=O)OCCCCCCCCCCC/C=C\C/C=C\CCCCCCCCCCCCCCCCCC(=O)NC(CO)C(O)/C=C/CCCCCCCCCCCCCCCCCC. The molecule has 0 aliphatic rings. The molecule has 3 N–H and O–H groups in total. The van der Waals surface area contributed by atoms with E-state index in [4.69, 9.17) is 4.74 Å². The van der Waals surface area contributed by atoms with Crippen LogP contribution in [-0.4, -0.2) is 47.4 Å². The van der Waals surface area contributed by atoms with Gasteiger partial charge in [-0.2, -0.15) is 0 Å². The second-order valence-electron chi connectivity index (χ2n) is 25.3. The predicted molar refractivity (Wildman–Crippen MR) is 361 cm³/mol. The molecule has 0 aliphatic heterocycles. The van der Waals surface area contributed by atoms with Gasteiger partial charge in [0.1, 0.15) is 0 Å². The Morgan fingerprint density at radius 1 is 0.341 bits per heavy atom. The maximum atomic E-state index is 12.5. The number of ether oxygens (including phenoxy) is 1. The highest BCUT2D eigenvalue weighted by molar-refractivity contribution is 5.76. The van der Waals surface area contributed by atoms with Gasteiger partial charge in [-0.05, 0) is 89.9 Å². The first-order valence-corrected chi connectivity index (χ1v) is 36.9. The molecule has 0 saturated carbocycles. The van der Waals surface area contributed by atoms with Crippen molar-refractivity contribution < 1.29 is 24.5 Å². The number of esters is 1. The molecule has 6 nitrogen and oxygen atoms in total. The zero-order valence-electron chi connectivity index (χ0n) is 55.2. The Balaban J connectivity index is 3.41. The van der Waals surface area contributed by atoms with Crippen LogP contribution in [0.15, 0.2) is 48.6 Å². The first kappa shape index (κ1) is 79.8. The third-order valence-corrected chi connectivity index (χ3v) is 17.1. The summed E-state index contributed by atoms with van der Waals surface area (Å²) in [6.07, 6.45) is 93.5. The number of aliphatic hydroxyl groups excluding tert-OH is 2. The Morgan fingerprint density at radius 2 is 0.610 bits per heavy atom. The van der Waals surface area contributed by atoms with Crippen molar-refractivity contribution in [3.63, 3.8) is 0 Å². The number of hydrogen-bond acceptors (Lipinski definition) is 5. The lowest BCUT2D eigenvalue weighted by molar-refractivity contribution is -0.143. The van der Waals surface area contributed by atoms with Crippen LogP contribution in [-0.2, 0) is 14.3 Å². The Morgan fingerprint density at radius 3 is 0.939 bits per heavy atom. The van der Waals surface area contributed by atoms with E-state index < -0.39 is 12.1 Å². The minimum atomic E-state index is -0.845. The lowest BCUT2D eigenvalue weighted by Gasteiger charge is -2.20. The predicted octanol–water partition coefficient (Wildman–Crippen LogP) is 24.0. The third kappa shape index (κ3) is 67.0. The van der Waals surface area contributed by atoms with Gasteiger partial charge in [-0.1, -0.05) is 345 Å². The van der Waals surface area contributed by atoms with Crippen molar-refractivity contribution in [2.75, 3.05) is 13.2 Å². The van der Waals surface area contributed by atoms with Crippen LogP contribution in [0.4, 0.5) is 0 Å². The van der Waals surface area contributed by atoms with Gasteiger partial charge in [0, 0.05) is 12.8 Å². The summed E-state index contributed by atoms with van der Waals surface area (Å²) in [5, 5.41) is 23.2. The van der Waals surface area contributed by atoms with Gasteiger partial charge in [-0.15, -0.1) is 0 Å². The molecule has 1 amide bonds. The second kappa shape index (κ2) is 71.3. The van der Waals surface area contributed by atoms with Crippen LogP contribution in [0.25, 0.3) is 0 Å². The number of unbranched alkanes of at least 4 members (excludes halogenated alkanes) is 52. The summed E-state index contributed by atoms with van der Waals surface area (Å²) in [7, 11) is 0. The minimum Gasteiger partial charge on any atom is -0.466 e. The van der Waals surface area contributed by atoms with Crippen LogP contribution in [0.2, 0.25) is 0 Å². The van der Waals surface area contributed by atoms with E-state index in [0.717, 1.165) is 51.4 Å². The fourth-order valence-electron chi connectivity index (χ4n) is 11.4. The summed E-state index contributed by atoms with van der Waals surface area (Å²) in [5.41, 5.74) is 0. The molecular formula is C76H143NO5. The highest BCUT2D eigenvalue weighted by Gasteiger charge is 2.18. The van der Waals surface area contributed by atoms with Crippen LogP contribution in [0, 0.1) is 0 Å². The molecule has 0 saturated heterocycles. The number of allylic oxidation sites excluding steroid dienone is 7. The molecule has 6 heteroatoms. The normalized spacial score (nSPS) is 12.8. The molecule has 0 aromatic rings. The smallest absolute Gasteiger partial charge is 0.305 e.